The van der Waals surface area contributed by atoms with Crippen LogP contribution in [0.25, 0.3) is 0 Å². The Morgan fingerprint density at radius 2 is 2.05 bits per heavy atom. The molecular formula is C9H11N7O2S. The molecule has 100 valence electrons. The monoisotopic (exact) mass is 281 g/mol. The molecule has 2 heterocycles. The maximum Gasteiger partial charge on any atom is 0.358 e. The highest BCUT2D eigenvalue weighted by Crippen LogP contribution is 2.16. The normalized spacial score (nSPS) is 10.5. The van der Waals surface area contributed by atoms with Gasteiger partial charge < -0.3 is 16.6 Å². The van der Waals surface area contributed by atoms with Crippen molar-refractivity contribution >= 4 is 29.4 Å². The fraction of sp³-hybridized carbons (Fsp3) is 0.222. The second-order valence-corrected chi connectivity index (χ2v) is 4.58. The number of aryl methyl sites for hydroxylation is 1. The average molecular weight is 281 g/mol. The second kappa shape index (κ2) is 5.52. The summed E-state index contributed by atoms with van der Waals surface area (Å²) in [4.78, 5) is 18.6. The van der Waals surface area contributed by atoms with Crippen LogP contribution in [0.4, 0.5) is 11.6 Å². The smallest absolute Gasteiger partial charge is 0.358 e. The number of nitrogen functional groups attached to an aromatic ring is 2. The SMILES string of the molecule is Nc1cc(N)nc(SCCn2cc(C(=O)O)nn2)n1. The first-order valence-corrected chi connectivity index (χ1v) is 6.19. The van der Waals surface area contributed by atoms with Crippen LogP contribution in [-0.4, -0.2) is 41.8 Å². The molecular weight excluding hydrogens is 270 g/mol. The Morgan fingerprint density at radius 3 is 2.63 bits per heavy atom. The van der Waals surface area contributed by atoms with E-state index in [1.807, 2.05) is 0 Å². The van der Waals surface area contributed by atoms with Crippen molar-refractivity contribution in [3.8, 4) is 0 Å². The molecule has 5 N–H and O–H groups in total. The third kappa shape index (κ3) is 3.55. The number of carboxylic acid groups (broad SMARTS) is 1. The van der Waals surface area contributed by atoms with Gasteiger partial charge in [0.05, 0.1) is 12.7 Å². The van der Waals surface area contributed by atoms with Crippen LogP contribution in [0, 0.1) is 0 Å². The summed E-state index contributed by atoms with van der Waals surface area (Å²) in [5, 5.41) is 16.4. The van der Waals surface area contributed by atoms with Gasteiger partial charge in [-0.2, -0.15) is 0 Å². The number of hydrogen-bond donors (Lipinski definition) is 3. The first-order valence-electron chi connectivity index (χ1n) is 5.21. The Kier molecular flexibility index (Phi) is 3.80. The van der Waals surface area contributed by atoms with Crippen LogP contribution in [0.3, 0.4) is 0 Å². The van der Waals surface area contributed by atoms with Gasteiger partial charge in [-0.1, -0.05) is 17.0 Å². The molecule has 0 spiro atoms. The van der Waals surface area contributed by atoms with E-state index in [-0.39, 0.29) is 5.69 Å². The largest absolute Gasteiger partial charge is 0.476 e. The van der Waals surface area contributed by atoms with Crippen LogP contribution < -0.4 is 11.5 Å². The Bertz CT molecular complexity index is 580. The Labute approximate surface area is 112 Å². The minimum Gasteiger partial charge on any atom is -0.476 e. The van der Waals surface area contributed by atoms with Gasteiger partial charge in [-0.3, -0.25) is 4.68 Å². The summed E-state index contributed by atoms with van der Waals surface area (Å²) in [6, 6.07) is 1.47. The minimum absolute atomic E-state index is 0.0885. The molecule has 0 aliphatic heterocycles. The first-order chi connectivity index (χ1) is 9.04. The van der Waals surface area contributed by atoms with Crippen LogP contribution in [0.1, 0.15) is 10.5 Å². The quantitative estimate of drug-likeness (QED) is 0.497. The van der Waals surface area contributed by atoms with E-state index >= 15 is 0 Å². The van der Waals surface area contributed by atoms with Crippen molar-refractivity contribution in [2.24, 2.45) is 0 Å². The van der Waals surface area contributed by atoms with Crippen LogP contribution in [0.15, 0.2) is 17.4 Å². The van der Waals surface area contributed by atoms with Crippen molar-refractivity contribution in [2.45, 2.75) is 11.7 Å². The fourth-order valence-electron chi connectivity index (χ4n) is 1.26. The van der Waals surface area contributed by atoms with E-state index in [9.17, 15) is 4.79 Å². The van der Waals surface area contributed by atoms with Gasteiger partial charge in [0.25, 0.3) is 0 Å². The predicted molar refractivity (Wildman–Crippen MR) is 68.6 cm³/mol. The molecule has 2 rings (SSSR count). The summed E-state index contributed by atoms with van der Waals surface area (Å²) >= 11 is 1.34. The molecule has 0 aliphatic rings. The minimum atomic E-state index is -1.11. The zero-order chi connectivity index (χ0) is 13.8. The molecule has 0 saturated heterocycles. The summed E-state index contributed by atoms with van der Waals surface area (Å²) in [5.74, 6) is 0.101. The van der Waals surface area contributed by atoms with Crippen LogP contribution in [0.5, 0.6) is 0 Å². The Hall–Kier alpha value is -2.36. The second-order valence-electron chi connectivity index (χ2n) is 3.52. The third-order valence-electron chi connectivity index (χ3n) is 2.05. The first kappa shape index (κ1) is 13.1. The van der Waals surface area contributed by atoms with Gasteiger partial charge in [0.2, 0.25) is 0 Å². The molecule has 2 aromatic heterocycles. The number of carboxylic acids is 1. The summed E-state index contributed by atoms with van der Waals surface area (Å²) in [7, 11) is 0. The van der Waals surface area contributed by atoms with Gasteiger partial charge in [0.1, 0.15) is 11.6 Å². The lowest BCUT2D eigenvalue weighted by molar-refractivity contribution is 0.0690. The van der Waals surface area contributed by atoms with Crippen LogP contribution >= 0.6 is 11.8 Å². The molecule has 10 heteroatoms. The van der Waals surface area contributed by atoms with Gasteiger partial charge in [0.15, 0.2) is 10.9 Å². The lowest BCUT2D eigenvalue weighted by Gasteiger charge is -2.02. The van der Waals surface area contributed by atoms with E-state index in [1.54, 1.807) is 0 Å². The number of nitrogens with zero attached hydrogens (tertiary/aromatic N) is 5. The number of hydrogen-bond acceptors (Lipinski definition) is 8. The molecule has 2 aromatic rings. The summed E-state index contributed by atoms with van der Waals surface area (Å²) < 4.78 is 1.44. The maximum atomic E-state index is 10.6. The molecule has 0 aromatic carbocycles. The zero-order valence-electron chi connectivity index (χ0n) is 9.72. The van der Waals surface area contributed by atoms with E-state index in [0.29, 0.717) is 29.1 Å². The van der Waals surface area contributed by atoms with Crippen molar-refractivity contribution in [3.63, 3.8) is 0 Å². The number of aromatic nitrogens is 5. The van der Waals surface area contributed by atoms with Crippen molar-refractivity contribution in [1.29, 1.82) is 0 Å². The highest BCUT2D eigenvalue weighted by Gasteiger charge is 2.08. The molecule has 0 aliphatic carbocycles. The Morgan fingerprint density at radius 1 is 1.37 bits per heavy atom. The predicted octanol–water partition coefficient (Wildman–Crippen LogP) is -0.277. The number of nitrogens with two attached hydrogens (primary N) is 2. The lowest BCUT2D eigenvalue weighted by atomic mass is 10.5. The van der Waals surface area contributed by atoms with E-state index in [4.69, 9.17) is 16.6 Å². The molecule has 0 saturated carbocycles. The number of thioether (sulfide) groups is 1. The molecule has 0 atom stereocenters. The number of aromatic carboxylic acids is 1. The molecule has 0 bridgehead atoms. The van der Waals surface area contributed by atoms with E-state index in [1.165, 1.54) is 28.7 Å². The van der Waals surface area contributed by atoms with Crippen LogP contribution in [-0.2, 0) is 6.54 Å². The van der Waals surface area contributed by atoms with E-state index < -0.39 is 5.97 Å². The third-order valence-corrected chi connectivity index (χ3v) is 2.88. The van der Waals surface area contributed by atoms with Gasteiger partial charge in [-0.05, 0) is 0 Å². The van der Waals surface area contributed by atoms with Crippen molar-refractivity contribution < 1.29 is 9.90 Å². The fourth-order valence-corrected chi connectivity index (χ4v) is 2.06. The van der Waals surface area contributed by atoms with Crippen molar-refractivity contribution in [2.75, 3.05) is 17.2 Å². The molecule has 9 nitrogen and oxygen atoms in total. The highest BCUT2D eigenvalue weighted by molar-refractivity contribution is 7.99. The molecule has 0 radical (unpaired) electrons. The molecule has 19 heavy (non-hydrogen) atoms. The molecule has 0 amide bonds. The van der Waals surface area contributed by atoms with Gasteiger partial charge >= 0.3 is 5.97 Å². The average Bonchev–Trinajstić information content (AvgIpc) is 2.76. The molecule has 0 fully saturated rings. The number of carbonyl (C=O) groups is 1. The van der Waals surface area contributed by atoms with E-state index in [2.05, 4.69) is 20.3 Å². The molecule has 0 unspecified atom stereocenters. The standard InChI is InChI=1S/C9H11N7O2S/c10-6-3-7(11)13-9(12-6)19-2-1-16-4-5(8(17)18)14-15-16/h3-4H,1-2H2,(H,17,18)(H4,10,11,12,13). The lowest BCUT2D eigenvalue weighted by Crippen LogP contribution is -2.03. The van der Waals surface area contributed by atoms with Gasteiger partial charge in [0, 0.05) is 11.8 Å². The summed E-state index contributed by atoms with van der Waals surface area (Å²) in [6.07, 6.45) is 1.36. The van der Waals surface area contributed by atoms with Gasteiger partial charge in [-0.25, -0.2) is 14.8 Å². The summed E-state index contributed by atoms with van der Waals surface area (Å²) in [5.41, 5.74) is 11.0. The zero-order valence-corrected chi connectivity index (χ0v) is 10.5. The van der Waals surface area contributed by atoms with Crippen LogP contribution in [0.2, 0.25) is 0 Å². The number of anilines is 2. The number of rotatable bonds is 5. The van der Waals surface area contributed by atoms with Crippen molar-refractivity contribution in [3.05, 3.63) is 18.0 Å². The van der Waals surface area contributed by atoms with E-state index in [0.717, 1.165) is 0 Å². The summed E-state index contributed by atoms with van der Waals surface area (Å²) in [6.45, 7) is 0.475. The Balaban J connectivity index is 1.90. The van der Waals surface area contributed by atoms with Crippen molar-refractivity contribution in [1.82, 2.24) is 25.0 Å². The topological polar surface area (TPSA) is 146 Å². The highest BCUT2D eigenvalue weighted by atomic mass is 32.2. The van der Waals surface area contributed by atoms with Gasteiger partial charge in [-0.15, -0.1) is 5.10 Å². The maximum absolute atomic E-state index is 10.6.